The molecule has 1 saturated carbocycles. The highest BCUT2D eigenvalue weighted by Crippen LogP contribution is 2.50. The molecule has 2 aromatic carbocycles. The average molecular weight is 600 g/mol. The maximum Gasteiger partial charge on any atom is 0.233 e. The number of ether oxygens (including phenoxy) is 2. The second kappa shape index (κ2) is 12.7. The summed E-state index contributed by atoms with van der Waals surface area (Å²) in [7, 11) is 2.33. The fourth-order valence-corrected chi connectivity index (χ4v) is 6.48. The number of aromatic nitrogens is 1. The third-order valence-electron chi connectivity index (χ3n) is 7.44. The van der Waals surface area contributed by atoms with Crippen LogP contribution in [0.3, 0.4) is 0 Å². The van der Waals surface area contributed by atoms with E-state index >= 15 is 0 Å². The SMILES string of the molecule is COc1ccc(CCCN(Cc2nc(C(=O)CS(=O)(=O)N(C)C)c(C)s2)C(=O)C2(c3ccc(OC)cc3)CC2)cc1. The summed E-state index contributed by atoms with van der Waals surface area (Å²) in [4.78, 5) is 33.9. The lowest BCUT2D eigenvalue weighted by molar-refractivity contribution is -0.134. The van der Waals surface area contributed by atoms with Crippen molar-refractivity contribution in [3.05, 3.63) is 75.2 Å². The number of carbonyl (C=O) groups excluding carboxylic acids is 2. The molecule has 0 bridgehead atoms. The van der Waals surface area contributed by atoms with Crippen LogP contribution in [-0.2, 0) is 33.2 Å². The number of Topliss-reactive ketones (excluding diaryl/α,β-unsaturated/α-hetero) is 1. The number of methoxy groups -OCH3 is 2. The molecule has 9 nitrogen and oxygen atoms in total. The molecule has 0 spiro atoms. The first-order valence-electron chi connectivity index (χ1n) is 13.5. The van der Waals surface area contributed by atoms with E-state index < -0.39 is 27.0 Å². The Labute approximate surface area is 246 Å². The van der Waals surface area contributed by atoms with E-state index in [0.717, 1.165) is 52.6 Å². The van der Waals surface area contributed by atoms with Gasteiger partial charge in [0.05, 0.1) is 26.2 Å². The summed E-state index contributed by atoms with van der Waals surface area (Å²) in [6, 6.07) is 15.6. The van der Waals surface area contributed by atoms with Crippen molar-refractivity contribution in [3.63, 3.8) is 0 Å². The van der Waals surface area contributed by atoms with Gasteiger partial charge >= 0.3 is 0 Å². The molecule has 1 heterocycles. The van der Waals surface area contributed by atoms with Crippen molar-refractivity contribution in [2.45, 2.75) is 44.6 Å². The molecule has 0 N–H and O–H groups in total. The van der Waals surface area contributed by atoms with Gasteiger partial charge in [0.25, 0.3) is 0 Å². The number of amides is 1. The van der Waals surface area contributed by atoms with Crippen LogP contribution < -0.4 is 9.47 Å². The molecular weight excluding hydrogens is 562 g/mol. The van der Waals surface area contributed by atoms with Crippen molar-refractivity contribution >= 4 is 33.1 Å². The van der Waals surface area contributed by atoms with Crippen LogP contribution in [0.4, 0.5) is 0 Å². The van der Waals surface area contributed by atoms with E-state index in [0.29, 0.717) is 16.4 Å². The number of rotatable bonds is 14. The first kappa shape index (κ1) is 30.7. The van der Waals surface area contributed by atoms with Crippen LogP contribution in [0.2, 0.25) is 0 Å². The van der Waals surface area contributed by atoms with E-state index in [1.165, 1.54) is 25.4 Å². The molecule has 41 heavy (non-hydrogen) atoms. The lowest BCUT2D eigenvalue weighted by atomic mass is 9.94. The molecule has 1 amide bonds. The molecule has 0 atom stereocenters. The predicted molar refractivity (Wildman–Crippen MR) is 159 cm³/mol. The molecule has 0 aliphatic heterocycles. The van der Waals surface area contributed by atoms with Gasteiger partial charge in [-0.1, -0.05) is 24.3 Å². The first-order chi connectivity index (χ1) is 19.5. The highest BCUT2D eigenvalue weighted by atomic mass is 32.2. The van der Waals surface area contributed by atoms with Gasteiger partial charge in [0.15, 0.2) is 5.78 Å². The van der Waals surface area contributed by atoms with Crippen LogP contribution in [0.5, 0.6) is 11.5 Å². The Morgan fingerprint density at radius 2 is 1.56 bits per heavy atom. The monoisotopic (exact) mass is 599 g/mol. The zero-order valence-corrected chi connectivity index (χ0v) is 25.8. The zero-order valence-electron chi connectivity index (χ0n) is 24.2. The molecule has 1 fully saturated rings. The van der Waals surface area contributed by atoms with Gasteiger partial charge in [0.2, 0.25) is 15.9 Å². The molecule has 0 unspecified atom stereocenters. The Hall–Kier alpha value is -3.28. The van der Waals surface area contributed by atoms with Crippen molar-refractivity contribution < 1.29 is 27.5 Å². The Balaban J connectivity index is 1.55. The van der Waals surface area contributed by atoms with E-state index in [1.807, 2.05) is 53.4 Å². The Kier molecular flexibility index (Phi) is 9.51. The van der Waals surface area contributed by atoms with Gasteiger partial charge in [-0.05, 0) is 68.0 Å². The third-order valence-corrected chi connectivity index (χ3v) is 10.1. The molecule has 0 radical (unpaired) electrons. The van der Waals surface area contributed by atoms with Gasteiger partial charge in [0, 0.05) is 25.5 Å². The fourth-order valence-electron chi connectivity index (χ4n) is 4.79. The van der Waals surface area contributed by atoms with Crippen LogP contribution >= 0.6 is 11.3 Å². The standard InChI is InChI=1S/C30H37N3O6S2/c1-21-28(26(34)20-41(36,37)32(2)3)31-27(40-21)19-33(18-6-7-22-8-12-24(38-4)13-9-22)29(35)30(16-17-30)23-10-14-25(39-5)15-11-23/h8-15H,6-7,16-20H2,1-5H3. The van der Waals surface area contributed by atoms with Gasteiger partial charge in [-0.3, -0.25) is 9.59 Å². The zero-order chi connectivity index (χ0) is 29.8. The van der Waals surface area contributed by atoms with E-state index in [1.54, 1.807) is 21.1 Å². The van der Waals surface area contributed by atoms with Gasteiger partial charge < -0.3 is 14.4 Å². The summed E-state index contributed by atoms with van der Waals surface area (Å²) >= 11 is 1.32. The molecule has 3 aromatic rings. The van der Waals surface area contributed by atoms with E-state index in [4.69, 9.17) is 9.47 Å². The first-order valence-corrected chi connectivity index (χ1v) is 15.9. The predicted octanol–water partition coefficient (Wildman–Crippen LogP) is 4.24. The van der Waals surface area contributed by atoms with Crippen molar-refractivity contribution in [2.24, 2.45) is 0 Å². The van der Waals surface area contributed by atoms with Crippen LogP contribution in [0.15, 0.2) is 48.5 Å². The number of ketones is 1. The second-order valence-corrected chi connectivity index (χ2v) is 13.9. The molecule has 1 aliphatic rings. The lowest BCUT2D eigenvalue weighted by Gasteiger charge is -2.27. The van der Waals surface area contributed by atoms with Gasteiger partial charge in [-0.2, -0.15) is 0 Å². The largest absolute Gasteiger partial charge is 0.497 e. The van der Waals surface area contributed by atoms with E-state index in [9.17, 15) is 18.0 Å². The van der Waals surface area contributed by atoms with E-state index in [-0.39, 0.29) is 18.1 Å². The van der Waals surface area contributed by atoms with Crippen LogP contribution in [0, 0.1) is 6.92 Å². The van der Waals surface area contributed by atoms with E-state index in [2.05, 4.69) is 4.98 Å². The molecule has 0 saturated heterocycles. The average Bonchev–Trinajstić information content (AvgIpc) is 3.68. The second-order valence-electron chi connectivity index (χ2n) is 10.5. The summed E-state index contributed by atoms with van der Waals surface area (Å²) in [5.41, 5.74) is 1.67. The molecule has 11 heteroatoms. The Morgan fingerprint density at radius 1 is 0.976 bits per heavy atom. The summed E-state index contributed by atoms with van der Waals surface area (Å²) in [5.74, 6) is 0.375. The van der Waals surface area contributed by atoms with Crippen LogP contribution in [0.25, 0.3) is 0 Å². The Bertz CT molecular complexity index is 1480. The summed E-state index contributed by atoms with van der Waals surface area (Å²) < 4.78 is 36.1. The number of thiazole rings is 1. The molecular formula is C30H37N3O6S2. The van der Waals surface area contributed by atoms with Gasteiger partial charge in [0.1, 0.15) is 28.0 Å². The number of hydrogen-bond donors (Lipinski definition) is 0. The number of hydrogen-bond acceptors (Lipinski definition) is 8. The Morgan fingerprint density at radius 3 is 2.10 bits per heavy atom. The molecule has 1 aromatic heterocycles. The summed E-state index contributed by atoms with van der Waals surface area (Å²) in [6.07, 6.45) is 3.05. The summed E-state index contributed by atoms with van der Waals surface area (Å²) in [6.45, 7) is 2.52. The maximum atomic E-state index is 14.1. The lowest BCUT2D eigenvalue weighted by Crippen LogP contribution is -2.39. The molecule has 1 aliphatic carbocycles. The van der Waals surface area contributed by atoms with Crippen molar-refractivity contribution in [1.82, 2.24) is 14.2 Å². The number of sulfonamides is 1. The molecule has 220 valence electrons. The summed E-state index contributed by atoms with van der Waals surface area (Å²) in [5, 5.41) is 0.608. The highest BCUT2D eigenvalue weighted by Gasteiger charge is 2.53. The molecule has 4 rings (SSSR count). The number of benzene rings is 2. The number of nitrogens with zero attached hydrogens (tertiary/aromatic N) is 3. The highest BCUT2D eigenvalue weighted by molar-refractivity contribution is 7.89. The van der Waals surface area contributed by atoms with Gasteiger partial charge in [-0.25, -0.2) is 17.7 Å². The maximum absolute atomic E-state index is 14.1. The number of carbonyl (C=O) groups is 2. The van der Waals surface area contributed by atoms with Crippen molar-refractivity contribution in [3.8, 4) is 11.5 Å². The van der Waals surface area contributed by atoms with Crippen molar-refractivity contribution in [2.75, 3.05) is 40.6 Å². The third kappa shape index (κ3) is 7.14. The topological polar surface area (TPSA) is 106 Å². The smallest absolute Gasteiger partial charge is 0.233 e. The van der Waals surface area contributed by atoms with Crippen LogP contribution in [0.1, 0.15) is 50.8 Å². The normalized spacial score (nSPS) is 14.1. The minimum Gasteiger partial charge on any atom is -0.497 e. The van der Waals surface area contributed by atoms with Gasteiger partial charge in [-0.15, -0.1) is 11.3 Å². The number of aryl methyl sites for hydroxylation is 2. The van der Waals surface area contributed by atoms with Crippen LogP contribution in [-0.4, -0.2) is 74.9 Å². The quantitative estimate of drug-likeness (QED) is 0.255. The minimum absolute atomic E-state index is 0.0355. The minimum atomic E-state index is -3.71. The fraction of sp³-hybridized carbons (Fsp3) is 0.433. The van der Waals surface area contributed by atoms with Crippen molar-refractivity contribution in [1.29, 1.82) is 0 Å².